The van der Waals surface area contributed by atoms with Crippen LogP contribution in [0.4, 0.5) is 0 Å². The van der Waals surface area contributed by atoms with E-state index in [-0.39, 0.29) is 43.2 Å². The average Bonchev–Trinajstić information content (AvgIpc) is 2.43. The maximum atomic E-state index is 11.8. The van der Waals surface area contributed by atoms with Crippen LogP contribution in [0, 0.1) is 12.8 Å². The molecule has 118 valence electrons. The first kappa shape index (κ1) is 19.4. The largest absolute Gasteiger partial charge is 0.469 e. The molecular formula is C15H23ClN2O3. The number of benzene rings is 1. The molecule has 0 aliphatic carbocycles. The topological polar surface area (TPSA) is 81.4 Å². The molecule has 1 amide bonds. The van der Waals surface area contributed by atoms with Crippen LogP contribution in [0.3, 0.4) is 0 Å². The highest BCUT2D eigenvalue weighted by molar-refractivity contribution is 5.85. The van der Waals surface area contributed by atoms with E-state index < -0.39 is 0 Å². The maximum Gasteiger partial charge on any atom is 0.310 e. The molecule has 0 saturated carbocycles. The molecule has 0 aliphatic rings. The van der Waals surface area contributed by atoms with Gasteiger partial charge in [-0.1, -0.05) is 29.8 Å². The normalized spacial score (nSPS) is 11.2. The van der Waals surface area contributed by atoms with Crippen LogP contribution in [0.1, 0.15) is 17.5 Å². The molecule has 0 spiro atoms. The van der Waals surface area contributed by atoms with E-state index in [0.717, 1.165) is 11.1 Å². The third-order valence-corrected chi connectivity index (χ3v) is 3.02. The molecule has 0 aliphatic heterocycles. The highest BCUT2D eigenvalue weighted by Crippen LogP contribution is 2.12. The molecule has 1 aromatic carbocycles. The Morgan fingerprint density at radius 2 is 2.10 bits per heavy atom. The van der Waals surface area contributed by atoms with Crippen molar-refractivity contribution in [3.63, 3.8) is 0 Å². The van der Waals surface area contributed by atoms with Gasteiger partial charge < -0.3 is 15.8 Å². The number of esters is 1. The Morgan fingerprint density at radius 3 is 2.67 bits per heavy atom. The van der Waals surface area contributed by atoms with E-state index in [4.69, 9.17) is 10.5 Å². The third kappa shape index (κ3) is 7.11. The van der Waals surface area contributed by atoms with E-state index in [1.54, 1.807) is 0 Å². The van der Waals surface area contributed by atoms with Gasteiger partial charge in [-0.3, -0.25) is 9.59 Å². The minimum absolute atomic E-state index is 0. The zero-order chi connectivity index (χ0) is 15.0. The SMILES string of the molecule is COC(=O)C(CNC(=O)CCN)Cc1cccc(C)c1.Cl. The minimum atomic E-state index is -0.386. The monoisotopic (exact) mass is 314 g/mol. The predicted molar refractivity (Wildman–Crippen MR) is 84.3 cm³/mol. The molecule has 3 N–H and O–H groups in total. The van der Waals surface area contributed by atoms with Gasteiger partial charge in [0, 0.05) is 19.5 Å². The second-order valence-corrected chi connectivity index (χ2v) is 4.76. The summed E-state index contributed by atoms with van der Waals surface area (Å²) in [6.45, 7) is 2.56. The van der Waals surface area contributed by atoms with Crippen molar-refractivity contribution in [3.05, 3.63) is 35.4 Å². The molecule has 5 nitrogen and oxygen atoms in total. The quantitative estimate of drug-likeness (QED) is 0.741. The van der Waals surface area contributed by atoms with Crippen molar-refractivity contribution in [1.29, 1.82) is 0 Å². The Kier molecular flexibility index (Phi) is 9.41. The molecule has 21 heavy (non-hydrogen) atoms. The van der Waals surface area contributed by atoms with Gasteiger partial charge in [-0.15, -0.1) is 12.4 Å². The van der Waals surface area contributed by atoms with Crippen LogP contribution < -0.4 is 11.1 Å². The number of carbonyl (C=O) groups excluding carboxylic acids is 2. The number of aryl methyl sites for hydroxylation is 1. The minimum Gasteiger partial charge on any atom is -0.469 e. The number of nitrogens with two attached hydrogens (primary N) is 1. The molecule has 0 saturated heterocycles. The summed E-state index contributed by atoms with van der Waals surface area (Å²) in [6.07, 6.45) is 0.801. The first-order chi connectivity index (χ1) is 9.56. The van der Waals surface area contributed by atoms with Crippen LogP contribution in [0.15, 0.2) is 24.3 Å². The molecule has 0 radical (unpaired) electrons. The van der Waals surface area contributed by atoms with Gasteiger partial charge in [-0.05, 0) is 18.9 Å². The zero-order valence-electron chi connectivity index (χ0n) is 12.4. The molecule has 0 fully saturated rings. The van der Waals surface area contributed by atoms with Crippen LogP contribution in [0.25, 0.3) is 0 Å². The first-order valence-electron chi connectivity index (χ1n) is 6.67. The summed E-state index contributed by atoms with van der Waals surface area (Å²) in [4.78, 5) is 23.2. The second-order valence-electron chi connectivity index (χ2n) is 4.76. The zero-order valence-corrected chi connectivity index (χ0v) is 13.2. The van der Waals surface area contributed by atoms with Gasteiger partial charge >= 0.3 is 5.97 Å². The second kappa shape index (κ2) is 10.2. The molecule has 0 bridgehead atoms. The number of amides is 1. The average molecular weight is 315 g/mol. The van der Waals surface area contributed by atoms with Crippen molar-refractivity contribution >= 4 is 24.3 Å². The lowest BCUT2D eigenvalue weighted by Gasteiger charge is -2.15. The third-order valence-electron chi connectivity index (χ3n) is 3.02. The van der Waals surface area contributed by atoms with Crippen molar-refractivity contribution in [2.75, 3.05) is 20.2 Å². The Bertz CT molecular complexity index is 466. The Balaban J connectivity index is 0.00000400. The van der Waals surface area contributed by atoms with Crippen LogP contribution >= 0.6 is 12.4 Å². The smallest absolute Gasteiger partial charge is 0.310 e. The molecule has 6 heteroatoms. The highest BCUT2D eigenvalue weighted by Gasteiger charge is 2.20. The summed E-state index contributed by atoms with van der Waals surface area (Å²) in [5, 5.41) is 2.71. The van der Waals surface area contributed by atoms with E-state index in [2.05, 4.69) is 5.32 Å². The Hall–Kier alpha value is -1.59. The van der Waals surface area contributed by atoms with Gasteiger partial charge in [0.15, 0.2) is 0 Å². The lowest BCUT2D eigenvalue weighted by molar-refractivity contribution is -0.145. The molecule has 0 aromatic heterocycles. The van der Waals surface area contributed by atoms with Crippen molar-refractivity contribution in [2.45, 2.75) is 19.8 Å². The number of nitrogens with one attached hydrogen (secondary N) is 1. The number of halogens is 1. The fourth-order valence-corrected chi connectivity index (χ4v) is 1.99. The van der Waals surface area contributed by atoms with Crippen molar-refractivity contribution in [2.24, 2.45) is 11.7 Å². The number of methoxy groups -OCH3 is 1. The maximum absolute atomic E-state index is 11.8. The van der Waals surface area contributed by atoms with Gasteiger partial charge in [0.05, 0.1) is 13.0 Å². The summed E-state index contributed by atoms with van der Waals surface area (Å²) in [6, 6.07) is 7.94. The highest BCUT2D eigenvalue weighted by atomic mass is 35.5. The van der Waals surface area contributed by atoms with Gasteiger partial charge in [-0.25, -0.2) is 0 Å². The van der Waals surface area contributed by atoms with Gasteiger partial charge in [0.1, 0.15) is 0 Å². The summed E-state index contributed by atoms with van der Waals surface area (Å²) < 4.78 is 4.79. The van der Waals surface area contributed by atoms with E-state index >= 15 is 0 Å². The Morgan fingerprint density at radius 1 is 1.38 bits per heavy atom. The number of ether oxygens (including phenoxy) is 1. The molecular weight excluding hydrogens is 292 g/mol. The number of hydrogen-bond acceptors (Lipinski definition) is 4. The number of rotatable bonds is 7. The lowest BCUT2D eigenvalue weighted by Crippen LogP contribution is -2.35. The molecule has 1 unspecified atom stereocenters. The van der Waals surface area contributed by atoms with Crippen LogP contribution in [-0.4, -0.2) is 32.1 Å². The molecule has 1 atom stereocenters. The van der Waals surface area contributed by atoms with E-state index in [1.165, 1.54) is 7.11 Å². The fraction of sp³-hybridized carbons (Fsp3) is 0.467. The van der Waals surface area contributed by atoms with Gasteiger partial charge in [0.2, 0.25) is 5.91 Å². The van der Waals surface area contributed by atoms with E-state index in [9.17, 15) is 9.59 Å². The standard InChI is InChI=1S/C15H22N2O3.ClH/c1-11-4-3-5-12(8-11)9-13(15(19)20-2)10-17-14(18)6-7-16;/h3-5,8,13H,6-7,9-10,16H2,1-2H3,(H,17,18);1H. The summed E-state index contributed by atoms with van der Waals surface area (Å²) in [7, 11) is 1.35. The van der Waals surface area contributed by atoms with Crippen LogP contribution in [0.2, 0.25) is 0 Å². The number of carbonyl (C=O) groups is 2. The van der Waals surface area contributed by atoms with Crippen LogP contribution in [-0.2, 0) is 20.7 Å². The predicted octanol–water partition coefficient (Wildman–Crippen LogP) is 1.21. The molecule has 1 rings (SSSR count). The fourth-order valence-electron chi connectivity index (χ4n) is 1.99. The van der Waals surface area contributed by atoms with Crippen molar-refractivity contribution in [1.82, 2.24) is 5.32 Å². The Labute approximate surface area is 131 Å². The first-order valence-corrected chi connectivity index (χ1v) is 6.67. The van der Waals surface area contributed by atoms with Gasteiger partial charge in [-0.2, -0.15) is 0 Å². The lowest BCUT2D eigenvalue weighted by atomic mass is 9.98. The van der Waals surface area contributed by atoms with E-state index in [0.29, 0.717) is 13.0 Å². The van der Waals surface area contributed by atoms with Crippen molar-refractivity contribution < 1.29 is 14.3 Å². The summed E-state index contributed by atoms with van der Waals surface area (Å²) in [5.41, 5.74) is 7.50. The van der Waals surface area contributed by atoms with Crippen LogP contribution in [0.5, 0.6) is 0 Å². The summed E-state index contributed by atoms with van der Waals surface area (Å²) >= 11 is 0. The number of hydrogen-bond donors (Lipinski definition) is 2. The molecule has 0 heterocycles. The van der Waals surface area contributed by atoms with Crippen molar-refractivity contribution in [3.8, 4) is 0 Å². The molecule has 1 aromatic rings. The van der Waals surface area contributed by atoms with Gasteiger partial charge in [0.25, 0.3) is 0 Å². The van der Waals surface area contributed by atoms with E-state index in [1.807, 2.05) is 31.2 Å². The summed E-state index contributed by atoms with van der Waals surface area (Å²) in [5.74, 6) is -0.853.